The van der Waals surface area contributed by atoms with Crippen molar-refractivity contribution in [3.63, 3.8) is 0 Å². The Balaban J connectivity index is 1.96. The van der Waals surface area contributed by atoms with E-state index in [2.05, 4.69) is 4.18 Å². The Kier molecular flexibility index (Phi) is 5.81. The van der Waals surface area contributed by atoms with Crippen molar-refractivity contribution in [1.29, 1.82) is 0 Å². The average molecular weight is 412 g/mol. The maximum atomic E-state index is 12.7. The molecule has 2 unspecified atom stereocenters. The van der Waals surface area contributed by atoms with Crippen molar-refractivity contribution in [2.75, 3.05) is 0 Å². The number of allylic oxidation sites excluding steroid dienone is 1. The Bertz CT molecular complexity index is 938. The van der Waals surface area contributed by atoms with Crippen molar-refractivity contribution in [2.24, 2.45) is 0 Å². The van der Waals surface area contributed by atoms with Crippen LogP contribution in [0.3, 0.4) is 0 Å². The Labute approximate surface area is 161 Å². The molecule has 150 valence electrons. The second kappa shape index (κ2) is 7.97. The molecule has 1 aliphatic heterocycles. The van der Waals surface area contributed by atoms with E-state index >= 15 is 0 Å². The lowest BCUT2D eigenvalue weighted by atomic mass is 9.90. The van der Waals surface area contributed by atoms with Gasteiger partial charge in [-0.3, -0.25) is 0 Å². The van der Waals surface area contributed by atoms with Gasteiger partial charge in [-0.05, 0) is 30.9 Å². The van der Waals surface area contributed by atoms with E-state index in [1.807, 2.05) is 36.4 Å². The SMILES string of the molecule is C/C(OS(=O)(=O)C(F)(F)F)=C1/CCC(c2ccccc2)OC1c1ccccc1. The van der Waals surface area contributed by atoms with Gasteiger partial charge in [-0.15, -0.1) is 0 Å². The lowest BCUT2D eigenvalue weighted by Gasteiger charge is -2.34. The van der Waals surface area contributed by atoms with Gasteiger partial charge < -0.3 is 8.92 Å². The van der Waals surface area contributed by atoms with E-state index in [0.29, 0.717) is 24.0 Å². The fraction of sp³-hybridized carbons (Fsp3) is 0.300. The molecule has 1 saturated heterocycles. The van der Waals surface area contributed by atoms with E-state index in [1.165, 1.54) is 6.92 Å². The van der Waals surface area contributed by atoms with Gasteiger partial charge in [0.05, 0.1) is 6.10 Å². The normalized spacial score (nSPS) is 22.6. The van der Waals surface area contributed by atoms with Crippen LogP contribution in [0.15, 0.2) is 72.0 Å². The highest BCUT2D eigenvalue weighted by atomic mass is 32.2. The smallest absolute Gasteiger partial charge is 0.381 e. The molecule has 28 heavy (non-hydrogen) atoms. The molecule has 8 heteroatoms. The summed E-state index contributed by atoms with van der Waals surface area (Å²) in [5.74, 6) is -0.308. The Morgan fingerprint density at radius 1 is 1.00 bits per heavy atom. The molecule has 0 aromatic heterocycles. The molecular weight excluding hydrogens is 393 g/mol. The van der Waals surface area contributed by atoms with Gasteiger partial charge in [0, 0.05) is 5.57 Å². The molecule has 4 nitrogen and oxygen atoms in total. The Morgan fingerprint density at radius 3 is 2.07 bits per heavy atom. The second-order valence-electron chi connectivity index (χ2n) is 6.43. The molecule has 1 heterocycles. The van der Waals surface area contributed by atoms with E-state index in [1.54, 1.807) is 24.3 Å². The standard InChI is InChI=1S/C20H19F3O4S/c1-14(27-28(24,25)20(21,22)23)17-12-13-18(15-8-4-2-5-9-15)26-19(17)16-10-6-3-7-11-16/h2-11,18-19H,12-13H2,1H3/b17-14+. The largest absolute Gasteiger partial charge is 0.534 e. The van der Waals surface area contributed by atoms with Crippen LogP contribution in [-0.2, 0) is 19.0 Å². The van der Waals surface area contributed by atoms with Gasteiger partial charge in [0.1, 0.15) is 11.9 Å². The summed E-state index contributed by atoms with van der Waals surface area (Å²) in [5.41, 5.74) is -3.44. The minimum Gasteiger partial charge on any atom is -0.381 e. The molecule has 1 aliphatic rings. The molecule has 1 fully saturated rings. The summed E-state index contributed by atoms with van der Waals surface area (Å²) >= 11 is 0. The lowest BCUT2D eigenvalue weighted by molar-refractivity contribution is -0.0530. The average Bonchev–Trinajstić information content (AvgIpc) is 2.67. The molecule has 0 bridgehead atoms. The number of ether oxygens (including phenoxy) is 1. The van der Waals surface area contributed by atoms with E-state index in [9.17, 15) is 21.6 Å². The van der Waals surface area contributed by atoms with Gasteiger partial charge >= 0.3 is 15.6 Å². The predicted octanol–water partition coefficient (Wildman–Crippen LogP) is 5.42. The second-order valence-corrected chi connectivity index (χ2v) is 7.97. The van der Waals surface area contributed by atoms with E-state index in [-0.39, 0.29) is 11.9 Å². The van der Waals surface area contributed by atoms with Crippen LogP contribution in [-0.4, -0.2) is 13.9 Å². The van der Waals surface area contributed by atoms with Gasteiger partial charge in [0.2, 0.25) is 0 Å². The summed E-state index contributed by atoms with van der Waals surface area (Å²) in [5, 5.41) is 0. The van der Waals surface area contributed by atoms with Crippen LogP contribution in [0, 0.1) is 0 Å². The van der Waals surface area contributed by atoms with Crippen LogP contribution in [0.25, 0.3) is 0 Å². The zero-order chi connectivity index (χ0) is 20.4. The molecule has 2 aromatic rings. The summed E-state index contributed by atoms with van der Waals surface area (Å²) in [6.07, 6.45) is -0.126. The van der Waals surface area contributed by atoms with Crippen LogP contribution in [0.4, 0.5) is 13.2 Å². The molecule has 2 aromatic carbocycles. The highest BCUT2D eigenvalue weighted by Gasteiger charge is 2.49. The van der Waals surface area contributed by atoms with Crippen molar-refractivity contribution in [2.45, 2.75) is 37.5 Å². The summed E-state index contributed by atoms with van der Waals surface area (Å²) < 4.78 is 71.5. The highest BCUT2D eigenvalue weighted by Crippen LogP contribution is 2.44. The molecule has 0 amide bonds. The first-order valence-electron chi connectivity index (χ1n) is 8.65. The number of hydrogen-bond acceptors (Lipinski definition) is 4. The molecule has 2 atom stereocenters. The first kappa shape index (κ1) is 20.4. The highest BCUT2D eigenvalue weighted by molar-refractivity contribution is 7.87. The maximum Gasteiger partial charge on any atom is 0.534 e. The molecule has 0 saturated carbocycles. The van der Waals surface area contributed by atoms with Crippen molar-refractivity contribution >= 4 is 10.1 Å². The van der Waals surface area contributed by atoms with E-state index < -0.39 is 21.7 Å². The molecule has 0 radical (unpaired) electrons. The third kappa shape index (κ3) is 4.39. The zero-order valence-electron chi connectivity index (χ0n) is 15.0. The van der Waals surface area contributed by atoms with Gasteiger partial charge in [0.15, 0.2) is 0 Å². The Morgan fingerprint density at radius 2 is 1.54 bits per heavy atom. The summed E-state index contributed by atoms with van der Waals surface area (Å²) in [6, 6.07) is 18.4. The third-order valence-corrected chi connectivity index (χ3v) is 5.57. The van der Waals surface area contributed by atoms with Crippen LogP contribution in [0.5, 0.6) is 0 Å². The number of rotatable bonds is 4. The zero-order valence-corrected chi connectivity index (χ0v) is 15.8. The third-order valence-electron chi connectivity index (χ3n) is 4.54. The fourth-order valence-electron chi connectivity index (χ4n) is 3.18. The molecule has 3 rings (SSSR count). The first-order chi connectivity index (χ1) is 13.2. The van der Waals surface area contributed by atoms with Crippen molar-refractivity contribution < 1.29 is 30.5 Å². The lowest BCUT2D eigenvalue weighted by Crippen LogP contribution is -2.26. The van der Waals surface area contributed by atoms with E-state index in [4.69, 9.17) is 4.74 Å². The van der Waals surface area contributed by atoms with Gasteiger partial charge in [-0.25, -0.2) is 0 Å². The topological polar surface area (TPSA) is 52.6 Å². The van der Waals surface area contributed by atoms with Gasteiger partial charge in [0.25, 0.3) is 0 Å². The van der Waals surface area contributed by atoms with Crippen molar-refractivity contribution in [3.05, 3.63) is 83.1 Å². The van der Waals surface area contributed by atoms with Crippen molar-refractivity contribution in [1.82, 2.24) is 0 Å². The van der Waals surface area contributed by atoms with Gasteiger partial charge in [-0.1, -0.05) is 60.7 Å². The summed E-state index contributed by atoms with van der Waals surface area (Å²) in [4.78, 5) is 0. The van der Waals surface area contributed by atoms with E-state index in [0.717, 1.165) is 5.56 Å². The van der Waals surface area contributed by atoms with Crippen LogP contribution in [0.1, 0.15) is 43.1 Å². The number of alkyl halides is 3. The predicted molar refractivity (Wildman–Crippen MR) is 97.4 cm³/mol. The minimum absolute atomic E-state index is 0.262. The minimum atomic E-state index is -5.73. The van der Waals surface area contributed by atoms with Crippen LogP contribution >= 0.6 is 0 Å². The Hall–Kier alpha value is -2.32. The van der Waals surface area contributed by atoms with Gasteiger partial charge in [-0.2, -0.15) is 21.6 Å². The quantitative estimate of drug-likeness (QED) is 0.382. The number of halogens is 3. The molecule has 0 N–H and O–H groups in total. The monoisotopic (exact) mass is 412 g/mol. The number of benzene rings is 2. The maximum absolute atomic E-state index is 12.7. The molecular formula is C20H19F3O4S. The van der Waals surface area contributed by atoms with Crippen LogP contribution < -0.4 is 0 Å². The first-order valence-corrected chi connectivity index (χ1v) is 10.1. The summed E-state index contributed by atoms with van der Waals surface area (Å²) in [7, 11) is -5.73. The van der Waals surface area contributed by atoms with Crippen molar-refractivity contribution in [3.8, 4) is 0 Å². The fourth-order valence-corrected chi connectivity index (χ4v) is 3.71. The molecule has 0 spiro atoms. The molecule has 0 aliphatic carbocycles. The number of hydrogen-bond donors (Lipinski definition) is 0. The summed E-state index contributed by atoms with van der Waals surface area (Å²) in [6.45, 7) is 1.22. The van der Waals surface area contributed by atoms with Crippen LogP contribution in [0.2, 0.25) is 0 Å².